The first-order valence-corrected chi connectivity index (χ1v) is 4.62. The van der Waals surface area contributed by atoms with Crippen LogP contribution in [0.4, 0.5) is 0 Å². The van der Waals surface area contributed by atoms with Crippen LogP contribution in [0, 0.1) is 23.2 Å². The third kappa shape index (κ3) is 1.01. The van der Waals surface area contributed by atoms with Crippen LogP contribution in [0.15, 0.2) is 0 Å². The second-order valence-corrected chi connectivity index (χ2v) is 4.92. The van der Waals surface area contributed by atoms with Gasteiger partial charge >= 0.3 is 0 Å². The van der Waals surface area contributed by atoms with Crippen LogP contribution < -0.4 is 6.15 Å². The zero-order chi connectivity index (χ0) is 7.35. The van der Waals surface area contributed by atoms with E-state index in [0.717, 1.165) is 17.8 Å². The number of hydrogen-bond donors (Lipinski definition) is 1. The van der Waals surface area contributed by atoms with Crippen LogP contribution in [0.25, 0.3) is 0 Å². The number of rotatable bonds is 0. The predicted molar refractivity (Wildman–Crippen MR) is 48.8 cm³/mol. The zero-order valence-electron chi connectivity index (χ0n) is 8.06. The smallest absolute Gasteiger partial charge is 0.0295 e. The molecule has 0 saturated heterocycles. The van der Waals surface area contributed by atoms with E-state index in [0.29, 0.717) is 5.41 Å². The summed E-state index contributed by atoms with van der Waals surface area (Å²) in [5.41, 5.74) is 0.706. The predicted octanol–water partition coefficient (Wildman–Crippen LogP) is 3.24. The topological polar surface area (TPSA) is 35.0 Å². The third-order valence-corrected chi connectivity index (χ3v) is 4.20. The summed E-state index contributed by atoms with van der Waals surface area (Å²) < 4.78 is 0. The van der Waals surface area contributed by atoms with Gasteiger partial charge in [-0.25, -0.2) is 0 Å². The summed E-state index contributed by atoms with van der Waals surface area (Å²) in [6.07, 6.45) is 4.54. The molecule has 0 aromatic rings. The molecule has 3 N–H and O–H groups in total. The van der Waals surface area contributed by atoms with Crippen molar-refractivity contribution >= 4 is 0 Å². The molecule has 3 aliphatic carbocycles. The van der Waals surface area contributed by atoms with Crippen LogP contribution >= 0.6 is 0 Å². The fourth-order valence-corrected chi connectivity index (χ4v) is 3.18. The van der Waals surface area contributed by atoms with E-state index in [2.05, 4.69) is 20.8 Å². The molecule has 66 valence electrons. The highest BCUT2D eigenvalue weighted by Crippen LogP contribution is 2.61. The first kappa shape index (κ1) is 9.05. The van der Waals surface area contributed by atoms with E-state index in [-0.39, 0.29) is 6.15 Å². The first-order chi connectivity index (χ1) is 4.62. The average molecular weight is 155 g/mol. The summed E-state index contributed by atoms with van der Waals surface area (Å²) >= 11 is 0. The van der Waals surface area contributed by atoms with Gasteiger partial charge in [0.25, 0.3) is 0 Å². The first-order valence-electron chi connectivity index (χ1n) is 4.62. The molecule has 0 aromatic heterocycles. The van der Waals surface area contributed by atoms with Crippen molar-refractivity contribution in [2.24, 2.45) is 23.2 Å². The van der Waals surface area contributed by atoms with Gasteiger partial charge < -0.3 is 6.15 Å². The van der Waals surface area contributed by atoms with E-state index < -0.39 is 0 Å². The fraction of sp³-hybridized carbons (Fsp3) is 1.00. The van der Waals surface area contributed by atoms with E-state index >= 15 is 0 Å². The minimum Gasteiger partial charge on any atom is -0.344 e. The van der Waals surface area contributed by atoms with Crippen molar-refractivity contribution in [2.75, 3.05) is 0 Å². The summed E-state index contributed by atoms with van der Waals surface area (Å²) in [4.78, 5) is 0. The molecule has 0 spiro atoms. The molecular weight excluding hydrogens is 134 g/mol. The molecule has 3 fully saturated rings. The van der Waals surface area contributed by atoms with E-state index in [1.165, 1.54) is 19.3 Å². The Morgan fingerprint density at radius 2 is 1.82 bits per heavy atom. The van der Waals surface area contributed by atoms with Gasteiger partial charge in [0.15, 0.2) is 0 Å². The molecule has 0 aliphatic heterocycles. The average Bonchev–Trinajstić information content (AvgIpc) is 1.87. The van der Waals surface area contributed by atoms with Gasteiger partial charge in [-0.3, -0.25) is 0 Å². The molecule has 0 amide bonds. The SMILES string of the molecule is C[C@@H]1CCC2C[C@H]1C2(C)C.N. The van der Waals surface area contributed by atoms with E-state index in [9.17, 15) is 0 Å². The molecule has 0 radical (unpaired) electrons. The maximum absolute atomic E-state index is 2.46. The van der Waals surface area contributed by atoms with E-state index in [1.54, 1.807) is 0 Å². The van der Waals surface area contributed by atoms with Gasteiger partial charge in [-0.1, -0.05) is 27.2 Å². The van der Waals surface area contributed by atoms with E-state index in [1.807, 2.05) is 0 Å². The maximum atomic E-state index is 2.46. The highest BCUT2D eigenvalue weighted by Gasteiger charge is 2.52. The van der Waals surface area contributed by atoms with Crippen molar-refractivity contribution in [3.05, 3.63) is 0 Å². The summed E-state index contributed by atoms with van der Waals surface area (Å²) in [6.45, 7) is 7.35. The molecule has 1 unspecified atom stereocenters. The molecule has 2 bridgehead atoms. The quantitative estimate of drug-likeness (QED) is 0.572. The Bertz CT molecular complexity index is 149. The zero-order valence-corrected chi connectivity index (χ0v) is 8.06. The van der Waals surface area contributed by atoms with Crippen molar-refractivity contribution in [2.45, 2.75) is 40.0 Å². The second-order valence-electron chi connectivity index (χ2n) is 4.92. The number of fused-ring (bicyclic) bond motifs is 2. The minimum absolute atomic E-state index is 0. The van der Waals surface area contributed by atoms with Crippen LogP contribution in [-0.4, -0.2) is 0 Å². The molecule has 0 heterocycles. The maximum Gasteiger partial charge on any atom is -0.0295 e. The molecule has 0 aromatic carbocycles. The molecule has 1 nitrogen and oxygen atoms in total. The molecular formula is C10H21N. The fourth-order valence-electron chi connectivity index (χ4n) is 3.18. The summed E-state index contributed by atoms with van der Waals surface area (Å²) in [7, 11) is 0. The summed E-state index contributed by atoms with van der Waals surface area (Å²) in [6, 6.07) is 0. The molecule has 3 saturated carbocycles. The van der Waals surface area contributed by atoms with Crippen LogP contribution in [0.3, 0.4) is 0 Å². The van der Waals surface area contributed by atoms with Crippen LogP contribution in [0.5, 0.6) is 0 Å². The Labute approximate surface area is 70.1 Å². The van der Waals surface area contributed by atoms with Gasteiger partial charge in [-0.05, 0) is 36.0 Å². The lowest BCUT2D eigenvalue weighted by Crippen LogP contribution is -2.51. The summed E-state index contributed by atoms with van der Waals surface area (Å²) in [5.74, 6) is 3.15. The second kappa shape index (κ2) is 2.48. The molecule has 3 aliphatic rings. The van der Waals surface area contributed by atoms with Gasteiger partial charge in [-0.15, -0.1) is 0 Å². The van der Waals surface area contributed by atoms with Crippen LogP contribution in [0.2, 0.25) is 0 Å². The van der Waals surface area contributed by atoms with E-state index in [4.69, 9.17) is 0 Å². The largest absolute Gasteiger partial charge is 0.344 e. The third-order valence-electron chi connectivity index (χ3n) is 4.20. The lowest BCUT2D eigenvalue weighted by atomic mass is 9.46. The monoisotopic (exact) mass is 155 g/mol. The Morgan fingerprint density at radius 3 is 2.09 bits per heavy atom. The van der Waals surface area contributed by atoms with Gasteiger partial charge in [0.1, 0.15) is 0 Å². The van der Waals surface area contributed by atoms with Crippen molar-refractivity contribution in [1.82, 2.24) is 6.15 Å². The van der Waals surface area contributed by atoms with Gasteiger partial charge in [0.05, 0.1) is 0 Å². The van der Waals surface area contributed by atoms with Crippen molar-refractivity contribution < 1.29 is 0 Å². The Morgan fingerprint density at radius 1 is 1.18 bits per heavy atom. The standard InChI is InChI=1S/C10H18.H3N/c1-7-4-5-8-6-9(7)10(8,2)3;/h7-9H,4-6H2,1-3H3;1H3/t7-,8?,9-;/m1./s1. The Kier molecular flexibility index (Phi) is 2.04. The number of hydrogen-bond acceptors (Lipinski definition) is 1. The van der Waals surface area contributed by atoms with Gasteiger partial charge in [0, 0.05) is 0 Å². The van der Waals surface area contributed by atoms with Crippen molar-refractivity contribution in [1.29, 1.82) is 0 Å². The molecule has 3 rings (SSSR count). The minimum atomic E-state index is 0. The Balaban J connectivity index is 0.000000605. The van der Waals surface area contributed by atoms with Gasteiger partial charge in [-0.2, -0.15) is 0 Å². The summed E-state index contributed by atoms with van der Waals surface area (Å²) in [5, 5.41) is 0. The molecule has 3 atom stereocenters. The lowest BCUT2D eigenvalue weighted by Gasteiger charge is -2.59. The highest BCUT2D eigenvalue weighted by molar-refractivity contribution is 5.01. The molecule has 11 heavy (non-hydrogen) atoms. The Hall–Kier alpha value is -0.0400. The van der Waals surface area contributed by atoms with Crippen molar-refractivity contribution in [3.63, 3.8) is 0 Å². The highest BCUT2D eigenvalue weighted by atomic mass is 14.6. The normalized spacial score (nSPS) is 45.5. The van der Waals surface area contributed by atoms with Gasteiger partial charge in [0.2, 0.25) is 0 Å². The molecule has 1 heteroatoms. The van der Waals surface area contributed by atoms with Crippen LogP contribution in [-0.2, 0) is 0 Å². The van der Waals surface area contributed by atoms with Crippen molar-refractivity contribution in [3.8, 4) is 0 Å². The van der Waals surface area contributed by atoms with Crippen LogP contribution in [0.1, 0.15) is 40.0 Å². The lowest BCUT2D eigenvalue weighted by molar-refractivity contribution is -0.0988.